The van der Waals surface area contributed by atoms with Gasteiger partial charge in [0.05, 0.1) is 18.0 Å². The van der Waals surface area contributed by atoms with Gasteiger partial charge in [-0.2, -0.15) is 0 Å². The van der Waals surface area contributed by atoms with Crippen LogP contribution in [0.4, 0.5) is 5.69 Å². The normalized spacial score (nSPS) is 14.0. The van der Waals surface area contributed by atoms with Gasteiger partial charge in [-0.3, -0.25) is 14.8 Å². The fourth-order valence-corrected chi connectivity index (χ4v) is 3.33. The fourth-order valence-electron chi connectivity index (χ4n) is 3.33. The number of aromatic amines is 1. The molecule has 0 saturated heterocycles. The highest BCUT2D eigenvalue weighted by molar-refractivity contribution is 6.31. The first-order valence-electron chi connectivity index (χ1n) is 9.18. The van der Waals surface area contributed by atoms with Crippen molar-refractivity contribution in [3.8, 4) is 17.3 Å². The molecule has 0 bridgehead atoms. The third-order valence-electron chi connectivity index (χ3n) is 4.69. The number of allylic oxidation sites excluding steroid dienone is 1. The molecule has 7 nitrogen and oxygen atoms in total. The van der Waals surface area contributed by atoms with Crippen LogP contribution in [0.3, 0.4) is 0 Å². The first-order valence-corrected chi connectivity index (χ1v) is 9.18. The van der Waals surface area contributed by atoms with Crippen LogP contribution in [0.5, 0.6) is 11.6 Å². The van der Waals surface area contributed by atoms with E-state index in [1.54, 1.807) is 30.3 Å². The summed E-state index contributed by atoms with van der Waals surface area (Å²) >= 11 is 0. The van der Waals surface area contributed by atoms with E-state index in [1.807, 2.05) is 38.1 Å². The van der Waals surface area contributed by atoms with E-state index in [1.165, 1.54) is 0 Å². The zero-order chi connectivity index (χ0) is 20.5. The first-order chi connectivity index (χ1) is 14.0. The molecule has 4 rings (SSSR count). The molecule has 0 atom stereocenters. The maximum atomic E-state index is 12.5. The van der Waals surface area contributed by atoms with Gasteiger partial charge in [0.1, 0.15) is 11.3 Å². The number of nitrogens with one attached hydrogen (secondary N) is 1. The molecule has 146 valence electrons. The van der Waals surface area contributed by atoms with Gasteiger partial charge >= 0.3 is 5.69 Å². The Bertz CT molecular complexity index is 1260. The number of nitrogens with zero attached hydrogens (tertiary/aromatic N) is 2. The maximum Gasteiger partial charge on any atom is 0.335 e. The summed E-state index contributed by atoms with van der Waals surface area (Å²) in [5.74, 6) is 0.206. The van der Waals surface area contributed by atoms with Crippen molar-refractivity contribution in [3.63, 3.8) is 0 Å². The van der Waals surface area contributed by atoms with E-state index >= 15 is 0 Å². The van der Waals surface area contributed by atoms with Gasteiger partial charge in [-0.1, -0.05) is 18.2 Å². The van der Waals surface area contributed by atoms with Gasteiger partial charge in [0, 0.05) is 16.8 Å². The lowest BCUT2D eigenvalue weighted by atomic mass is 10.0. The minimum Gasteiger partial charge on any atom is -0.494 e. The monoisotopic (exact) mass is 389 g/mol. The number of para-hydroxylation sites is 1. The van der Waals surface area contributed by atoms with Gasteiger partial charge < -0.3 is 9.84 Å². The molecule has 0 saturated carbocycles. The van der Waals surface area contributed by atoms with Crippen LogP contribution < -0.4 is 16.0 Å². The molecule has 1 aliphatic heterocycles. The lowest BCUT2D eigenvalue weighted by Crippen LogP contribution is -2.30. The highest BCUT2D eigenvalue weighted by Gasteiger charge is 2.20. The van der Waals surface area contributed by atoms with Gasteiger partial charge in [-0.15, -0.1) is 0 Å². The molecule has 3 aromatic rings. The van der Waals surface area contributed by atoms with Crippen LogP contribution in [0.2, 0.25) is 0 Å². The number of fused-ring (bicyclic) bond motifs is 1. The molecular weight excluding hydrogens is 370 g/mol. The number of rotatable bonds is 4. The van der Waals surface area contributed by atoms with E-state index in [2.05, 4.69) is 9.98 Å². The van der Waals surface area contributed by atoms with Crippen molar-refractivity contribution >= 4 is 23.0 Å². The van der Waals surface area contributed by atoms with Crippen molar-refractivity contribution in [1.29, 1.82) is 0 Å². The van der Waals surface area contributed by atoms with E-state index in [0.29, 0.717) is 18.0 Å². The smallest absolute Gasteiger partial charge is 0.335 e. The standard InChI is InChI=1S/C22H19N3O4/c1-3-29-15-10-8-14(9-11-15)25-21(27)18(20(26)24-22(25)28)12-17-13(2)23-19-7-5-4-6-16(17)19/h4-12,27H,3H2,1-2H3,(H,24,26,28). The van der Waals surface area contributed by atoms with E-state index in [0.717, 1.165) is 27.1 Å². The van der Waals surface area contributed by atoms with Gasteiger partial charge in [-0.25, -0.2) is 9.36 Å². The molecule has 2 N–H and O–H groups in total. The second-order valence-corrected chi connectivity index (χ2v) is 6.53. The van der Waals surface area contributed by atoms with Gasteiger partial charge in [0.2, 0.25) is 5.88 Å². The predicted molar refractivity (Wildman–Crippen MR) is 113 cm³/mol. The molecule has 0 radical (unpaired) electrons. The predicted octanol–water partition coefficient (Wildman–Crippen LogP) is 3.28. The zero-order valence-electron chi connectivity index (χ0n) is 16.0. The molecule has 2 aromatic carbocycles. The van der Waals surface area contributed by atoms with Crippen molar-refractivity contribution in [2.75, 3.05) is 6.61 Å². The molecule has 0 aliphatic carbocycles. The third-order valence-corrected chi connectivity index (χ3v) is 4.69. The molecule has 1 aromatic heterocycles. The Morgan fingerprint density at radius 3 is 2.59 bits per heavy atom. The second-order valence-electron chi connectivity index (χ2n) is 6.53. The number of ether oxygens (including phenoxy) is 1. The summed E-state index contributed by atoms with van der Waals surface area (Å²) in [7, 11) is 0. The topological polar surface area (TPSA) is 96.7 Å². The van der Waals surface area contributed by atoms with Crippen LogP contribution >= 0.6 is 0 Å². The fraction of sp³-hybridized carbons (Fsp3) is 0.136. The minimum absolute atomic E-state index is 0.0141. The number of benzene rings is 2. The molecule has 29 heavy (non-hydrogen) atoms. The Morgan fingerprint density at radius 1 is 1.14 bits per heavy atom. The van der Waals surface area contributed by atoms with E-state index < -0.39 is 17.1 Å². The van der Waals surface area contributed by atoms with Crippen LogP contribution in [0.1, 0.15) is 25.0 Å². The summed E-state index contributed by atoms with van der Waals surface area (Å²) in [5.41, 5.74) is 2.11. The van der Waals surface area contributed by atoms with Crippen molar-refractivity contribution < 1.29 is 9.84 Å². The number of aliphatic imine (C=N–C) groups is 1. The van der Waals surface area contributed by atoms with E-state index in [-0.39, 0.29) is 5.56 Å². The molecule has 0 spiro atoms. The Morgan fingerprint density at radius 2 is 1.86 bits per heavy atom. The highest BCUT2D eigenvalue weighted by atomic mass is 16.5. The quantitative estimate of drug-likeness (QED) is 0.716. The highest BCUT2D eigenvalue weighted by Crippen LogP contribution is 2.36. The summed E-state index contributed by atoms with van der Waals surface area (Å²) in [6.45, 7) is 4.22. The molecular formula is C22H19N3O4. The van der Waals surface area contributed by atoms with E-state index in [4.69, 9.17) is 4.74 Å². The van der Waals surface area contributed by atoms with Crippen molar-refractivity contribution in [2.45, 2.75) is 13.8 Å². The largest absolute Gasteiger partial charge is 0.494 e. The maximum absolute atomic E-state index is 12.5. The Kier molecular flexibility index (Phi) is 4.64. The Balaban J connectivity index is 1.87. The molecule has 1 aliphatic rings. The van der Waals surface area contributed by atoms with Crippen molar-refractivity contribution in [1.82, 2.24) is 9.55 Å². The SMILES string of the molecule is CCOc1ccc(-n2c(O)c(C=C3C(C)=Nc4ccccc43)c(=O)[nH]c2=O)cc1. The molecule has 7 heteroatoms. The summed E-state index contributed by atoms with van der Waals surface area (Å²) in [5, 5.41) is 10.8. The second kappa shape index (κ2) is 7.27. The Hall–Kier alpha value is -3.87. The van der Waals surface area contributed by atoms with Crippen LogP contribution in [-0.2, 0) is 0 Å². The van der Waals surface area contributed by atoms with E-state index in [9.17, 15) is 14.7 Å². The summed E-state index contributed by atoms with van der Waals surface area (Å²) in [6.07, 6.45) is 1.56. The van der Waals surface area contributed by atoms with Crippen LogP contribution in [-0.4, -0.2) is 27.0 Å². The van der Waals surface area contributed by atoms with Crippen LogP contribution in [0.15, 0.2) is 63.1 Å². The average molecular weight is 389 g/mol. The van der Waals surface area contributed by atoms with Gasteiger partial charge in [-0.05, 0) is 50.3 Å². The van der Waals surface area contributed by atoms with Gasteiger partial charge in [0.15, 0.2) is 0 Å². The summed E-state index contributed by atoms with van der Waals surface area (Å²) < 4.78 is 6.46. The number of H-pyrrole nitrogens is 1. The number of hydrogen-bond acceptors (Lipinski definition) is 5. The number of aromatic nitrogens is 2. The molecule has 0 unspecified atom stereocenters. The first kappa shape index (κ1) is 18.5. The average Bonchev–Trinajstić information content (AvgIpc) is 3.01. The van der Waals surface area contributed by atoms with Crippen molar-refractivity contribution in [2.24, 2.45) is 4.99 Å². The summed E-state index contributed by atoms with van der Waals surface area (Å²) in [6, 6.07) is 14.2. The van der Waals surface area contributed by atoms with Crippen LogP contribution in [0.25, 0.3) is 17.3 Å². The van der Waals surface area contributed by atoms with Gasteiger partial charge in [0.25, 0.3) is 5.56 Å². The lowest BCUT2D eigenvalue weighted by Gasteiger charge is -2.11. The molecule has 0 amide bonds. The summed E-state index contributed by atoms with van der Waals surface area (Å²) in [4.78, 5) is 31.6. The molecule has 2 heterocycles. The lowest BCUT2D eigenvalue weighted by molar-refractivity contribution is 0.340. The molecule has 0 fully saturated rings. The van der Waals surface area contributed by atoms with Crippen LogP contribution in [0, 0.1) is 0 Å². The van der Waals surface area contributed by atoms with Crippen molar-refractivity contribution in [3.05, 3.63) is 80.5 Å². The number of aromatic hydroxyl groups is 1. The third kappa shape index (κ3) is 3.27. The Labute approximate surface area is 166 Å². The minimum atomic E-state index is -0.726. The number of hydrogen-bond donors (Lipinski definition) is 2. The zero-order valence-corrected chi connectivity index (χ0v) is 16.0.